The SMILES string of the molecule is CC(C)(C)[Si](C)(C)OC(CO)CNC(=O)OCc1ccccc1.CC(C)(C)[Si](C)(C)OCC(CNCC(=O)c1ccccc1)O[Si](C)(C)C(C)(C)C.O=C(NCC(O)CO)OCc1ccccc1. The summed E-state index contributed by atoms with van der Waals surface area (Å²) in [6, 6.07) is 28.2. The van der Waals surface area contributed by atoms with Crippen molar-refractivity contribution in [3.8, 4) is 0 Å². The molecule has 3 aromatic carbocycles. The summed E-state index contributed by atoms with van der Waals surface area (Å²) in [5, 5.41) is 35.6. The van der Waals surface area contributed by atoms with Crippen LogP contribution in [-0.2, 0) is 36.0 Å². The number of nitrogens with one attached hydrogen (secondary N) is 3. The number of ketones is 1. The highest BCUT2D eigenvalue weighted by Gasteiger charge is 2.42. The number of hydrogen-bond donors (Lipinski definition) is 6. The van der Waals surface area contributed by atoms with Crippen LogP contribution in [0.5, 0.6) is 0 Å². The maximum Gasteiger partial charge on any atom is 0.407 e. The molecule has 17 heteroatoms. The van der Waals surface area contributed by atoms with Crippen molar-refractivity contribution in [2.24, 2.45) is 0 Å². The molecule has 0 fully saturated rings. The highest BCUT2D eigenvalue weighted by molar-refractivity contribution is 6.75. The molecule has 0 heterocycles. The maximum absolute atomic E-state index is 12.4. The van der Waals surface area contributed by atoms with E-state index in [1.54, 1.807) is 0 Å². The summed E-state index contributed by atoms with van der Waals surface area (Å²) in [4.78, 5) is 35.3. The summed E-state index contributed by atoms with van der Waals surface area (Å²) >= 11 is 0. The number of hydrogen-bond acceptors (Lipinski definition) is 12. The number of carbonyl (C=O) groups excluding carboxylic acids is 3. The lowest BCUT2D eigenvalue weighted by Crippen LogP contribution is -2.50. The van der Waals surface area contributed by atoms with E-state index in [4.69, 9.17) is 33.0 Å². The largest absolute Gasteiger partial charge is 0.445 e. The first-order valence-electron chi connectivity index (χ1n) is 23.5. The topological polar surface area (TPSA) is 194 Å². The van der Waals surface area contributed by atoms with Crippen LogP contribution in [0.4, 0.5) is 9.59 Å². The average Bonchev–Trinajstić information content (AvgIpc) is 3.27. The molecule has 14 nitrogen and oxygen atoms in total. The van der Waals surface area contributed by atoms with Gasteiger partial charge in [-0.25, -0.2) is 9.59 Å². The lowest BCUT2D eigenvalue weighted by molar-refractivity contribution is 0.0875. The predicted molar refractivity (Wildman–Crippen MR) is 280 cm³/mol. The van der Waals surface area contributed by atoms with E-state index in [2.05, 4.69) is 118 Å². The second-order valence-corrected chi connectivity index (χ2v) is 35.7. The highest BCUT2D eigenvalue weighted by Crippen LogP contribution is 2.39. The van der Waals surface area contributed by atoms with Gasteiger partial charge in [0.25, 0.3) is 0 Å². The Morgan fingerprint density at radius 3 is 1.34 bits per heavy atom. The molecule has 6 N–H and O–H groups in total. The zero-order chi connectivity index (χ0) is 51.8. The van der Waals surface area contributed by atoms with E-state index in [1.807, 2.05) is 91.0 Å². The van der Waals surface area contributed by atoms with Crippen LogP contribution in [0.25, 0.3) is 0 Å². The fraction of sp³-hybridized carbons (Fsp3) is 0.588. The van der Waals surface area contributed by atoms with Crippen molar-refractivity contribution in [1.82, 2.24) is 16.0 Å². The van der Waals surface area contributed by atoms with E-state index < -0.39 is 49.3 Å². The standard InChI is InChI=1S/C23H43NO3Si2.C17H29NO4Si.C11H15NO4/c1-22(2,3)28(7,8)26-18-20(27-29(9,10)23(4,5)6)16-24-17-21(25)19-14-12-11-13-15-19;1-17(2,3)23(4,5)22-15(12-19)11-18-16(20)21-13-14-9-7-6-8-10-14;13-7-10(14)6-12-11(15)16-8-9-4-2-1-3-5-9/h11-15,20,24H,16-18H2,1-10H3;6-10,15,19H,11-13H2,1-5H3,(H,18,20);1-5,10,13-14H,6-8H2,(H,12,15). The third kappa shape index (κ3) is 24.7. The van der Waals surface area contributed by atoms with Crippen molar-refractivity contribution in [2.45, 2.75) is 148 Å². The molecule has 0 aliphatic heterocycles. The first-order chi connectivity index (χ1) is 31.4. The molecule has 3 unspecified atom stereocenters. The van der Waals surface area contributed by atoms with Gasteiger partial charge in [0.1, 0.15) is 13.2 Å². The van der Waals surface area contributed by atoms with Gasteiger partial charge in [0.2, 0.25) is 0 Å². The summed E-state index contributed by atoms with van der Waals surface area (Å²) in [6.45, 7) is 34.8. The molecule has 3 atom stereocenters. The molecule has 0 saturated carbocycles. The fourth-order valence-electron chi connectivity index (χ4n) is 5.07. The van der Waals surface area contributed by atoms with Crippen LogP contribution >= 0.6 is 0 Å². The molecule has 0 aromatic heterocycles. The molecule has 3 rings (SSSR count). The van der Waals surface area contributed by atoms with Gasteiger partial charge in [-0.3, -0.25) is 4.79 Å². The highest BCUT2D eigenvalue weighted by atomic mass is 28.4. The number of Topliss-reactive ketones (excluding diaryl/α,β-unsaturated/α-hetero) is 1. The quantitative estimate of drug-likeness (QED) is 0.0413. The molecule has 0 radical (unpaired) electrons. The van der Waals surface area contributed by atoms with Gasteiger partial charge in [-0.2, -0.15) is 0 Å². The summed E-state index contributed by atoms with van der Waals surface area (Å²) in [7, 11) is -5.79. The van der Waals surface area contributed by atoms with Crippen molar-refractivity contribution in [3.63, 3.8) is 0 Å². The van der Waals surface area contributed by atoms with Gasteiger partial charge in [0.15, 0.2) is 30.7 Å². The van der Waals surface area contributed by atoms with Crippen molar-refractivity contribution >= 4 is 42.9 Å². The minimum Gasteiger partial charge on any atom is -0.445 e. The Bertz CT molecular complexity index is 1870. The molecule has 68 heavy (non-hydrogen) atoms. The van der Waals surface area contributed by atoms with Gasteiger partial charge < -0.3 is 54.0 Å². The summed E-state index contributed by atoms with van der Waals surface area (Å²) in [5.41, 5.74) is 2.55. The molecule has 0 spiro atoms. The number of rotatable bonds is 22. The number of ether oxygens (including phenoxy) is 2. The minimum absolute atomic E-state index is 0.0237. The third-order valence-electron chi connectivity index (χ3n) is 12.5. The molecule has 0 aliphatic rings. The van der Waals surface area contributed by atoms with Crippen LogP contribution in [0, 0.1) is 0 Å². The number of benzene rings is 3. The van der Waals surface area contributed by atoms with Crippen molar-refractivity contribution in [1.29, 1.82) is 0 Å². The van der Waals surface area contributed by atoms with Crippen molar-refractivity contribution in [2.75, 3.05) is 46.0 Å². The first kappa shape index (κ1) is 62.3. The van der Waals surface area contributed by atoms with Gasteiger partial charge in [-0.1, -0.05) is 153 Å². The lowest BCUT2D eigenvalue weighted by atomic mass is 10.1. The molecule has 384 valence electrons. The molecule has 2 amide bonds. The first-order valence-corrected chi connectivity index (χ1v) is 32.2. The number of aliphatic hydroxyl groups excluding tert-OH is 3. The second kappa shape index (κ2) is 29.4. The van der Waals surface area contributed by atoms with Crippen LogP contribution in [0.2, 0.25) is 54.4 Å². The minimum atomic E-state index is -1.98. The zero-order valence-electron chi connectivity index (χ0n) is 43.9. The number of aliphatic hydroxyl groups is 3. The molecule has 0 saturated heterocycles. The van der Waals surface area contributed by atoms with E-state index in [0.717, 1.165) is 16.7 Å². The molecular weight excluding hydrogens is 915 g/mol. The molecule has 3 aromatic rings. The Labute approximate surface area is 411 Å². The Balaban J connectivity index is 0.000000531. The van der Waals surface area contributed by atoms with Gasteiger partial charge in [0, 0.05) is 25.2 Å². The smallest absolute Gasteiger partial charge is 0.407 e. The lowest BCUT2D eigenvalue weighted by Gasteiger charge is -2.41. The molecule has 0 bridgehead atoms. The summed E-state index contributed by atoms with van der Waals surface area (Å²) in [5.74, 6) is 0.0991. The Morgan fingerprint density at radius 1 is 0.544 bits per heavy atom. The van der Waals surface area contributed by atoms with Crippen LogP contribution in [0.1, 0.15) is 83.8 Å². The summed E-state index contributed by atoms with van der Waals surface area (Å²) in [6.07, 6.45) is -2.56. The van der Waals surface area contributed by atoms with Crippen LogP contribution in [-0.4, -0.2) is 123 Å². The van der Waals surface area contributed by atoms with E-state index in [9.17, 15) is 19.5 Å². The predicted octanol–water partition coefficient (Wildman–Crippen LogP) is 9.43. The molecule has 0 aliphatic carbocycles. The van der Waals surface area contributed by atoms with Gasteiger partial charge >= 0.3 is 12.2 Å². The third-order valence-corrected chi connectivity index (χ3v) is 26.1. The Kier molecular flexibility index (Phi) is 26.9. The number of amides is 2. The Hall–Kier alpha value is -3.76. The fourth-order valence-corrected chi connectivity index (χ4v) is 8.79. The van der Waals surface area contributed by atoms with Gasteiger partial charge in [-0.05, 0) is 65.5 Å². The Morgan fingerprint density at radius 2 is 0.941 bits per heavy atom. The van der Waals surface area contributed by atoms with E-state index in [1.165, 1.54) is 0 Å². The van der Waals surface area contributed by atoms with Crippen LogP contribution in [0.3, 0.4) is 0 Å². The number of carbonyl (C=O) groups is 3. The summed E-state index contributed by atoms with van der Waals surface area (Å²) < 4.78 is 29.2. The van der Waals surface area contributed by atoms with Crippen LogP contribution < -0.4 is 16.0 Å². The van der Waals surface area contributed by atoms with E-state index in [0.29, 0.717) is 19.7 Å². The van der Waals surface area contributed by atoms with Gasteiger partial charge in [0.05, 0.1) is 44.7 Å². The normalized spacial score (nSPS) is 13.6. The van der Waals surface area contributed by atoms with Gasteiger partial charge in [-0.15, -0.1) is 0 Å². The van der Waals surface area contributed by atoms with E-state index >= 15 is 0 Å². The molecular formula is C51H87N3O11Si3. The monoisotopic (exact) mass is 1000 g/mol. The van der Waals surface area contributed by atoms with Crippen molar-refractivity contribution in [3.05, 3.63) is 108 Å². The average molecular weight is 1000 g/mol. The van der Waals surface area contributed by atoms with Crippen molar-refractivity contribution < 1.29 is 52.5 Å². The second-order valence-electron chi connectivity index (χ2n) is 21.4. The van der Waals surface area contributed by atoms with Crippen LogP contribution in [0.15, 0.2) is 91.0 Å². The number of alkyl carbamates (subject to hydrolysis) is 2. The van der Waals surface area contributed by atoms with E-state index in [-0.39, 0.29) is 66.5 Å². The zero-order valence-corrected chi connectivity index (χ0v) is 46.9. The maximum atomic E-state index is 12.4.